The second-order valence-corrected chi connectivity index (χ2v) is 5.26. The fourth-order valence-corrected chi connectivity index (χ4v) is 2.47. The van der Waals surface area contributed by atoms with Gasteiger partial charge >= 0.3 is 0 Å². The van der Waals surface area contributed by atoms with Crippen LogP contribution >= 0.6 is 11.6 Å². The summed E-state index contributed by atoms with van der Waals surface area (Å²) >= 11 is 6.04. The van der Waals surface area contributed by atoms with Crippen molar-refractivity contribution in [3.05, 3.63) is 54.4 Å². The number of ether oxygens (including phenoxy) is 2. The smallest absolute Gasteiger partial charge is 0.224 e. The van der Waals surface area contributed by atoms with Gasteiger partial charge in [-0.1, -0.05) is 31.4 Å². The number of methoxy groups -OCH3 is 2. The first-order chi connectivity index (χ1) is 11.6. The van der Waals surface area contributed by atoms with E-state index < -0.39 is 0 Å². The number of rotatable bonds is 8. The molecule has 126 valence electrons. The Morgan fingerprint density at radius 2 is 1.92 bits per heavy atom. The number of aromatic nitrogens is 2. The van der Waals surface area contributed by atoms with Gasteiger partial charge in [-0.25, -0.2) is 9.97 Å². The Balaban J connectivity index is 2.33. The van der Waals surface area contributed by atoms with Crippen LogP contribution in [-0.2, 0) is 0 Å². The molecule has 0 fully saturated rings. The van der Waals surface area contributed by atoms with Crippen LogP contribution in [-0.4, -0.2) is 30.7 Å². The first-order valence-electron chi connectivity index (χ1n) is 7.40. The largest absolute Gasteiger partial charge is 0.493 e. The maximum Gasteiger partial charge on any atom is 0.224 e. The molecule has 0 aliphatic carbocycles. The molecule has 0 spiro atoms. The number of nitrogens with zero attached hydrogens (tertiary/aromatic N) is 2. The van der Waals surface area contributed by atoms with Crippen LogP contribution in [0.25, 0.3) is 10.9 Å². The number of hydrogen-bond donors (Lipinski definition) is 1. The maximum atomic E-state index is 6.04. The molecule has 1 heterocycles. The summed E-state index contributed by atoms with van der Waals surface area (Å²) in [5, 5.41) is 4.26. The highest BCUT2D eigenvalue weighted by Crippen LogP contribution is 2.34. The van der Waals surface area contributed by atoms with Crippen molar-refractivity contribution in [2.75, 3.05) is 26.1 Å². The Hall–Kier alpha value is -2.53. The van der Waals surface area contributed by atoms with E-state index in [1.54, 1.807) is 26.4 Å². The van der Waals surface area contributed by atoms with Crippen LogP contribution in [0.1, 0.15) is 6.42 Å². The first kappa shape index (κ1) is 17.8. The maximum absolute atomic E-state index is 6.04. The predicted molar refractivity (Wildman–Crippen MR) is 99.2 cm³/mol. The summed E-state index contributed by atoms with van der Waals surface area (Å²) in [6.07, 6.45) is 6.26. The Labute approximate surface area is 146 Å². The third kappa shape index (κ3) is 4.06. The standard InChI is InChI=1S/C18H20ClN3O2/c1-5-7-12(6-2)8-9-20-17-13-10-15(23-3)16(24-4)11-14(13)21-18(19)22-17/h5-7,10-11H,1-2,8-9H2,3-4H3,(H,20,21,22)/b12-7+. The van der Waals surface area contributed by atoms with E-state index in [1.807, 2.05) is 18.2 Å². The molecule has 0 atom stereocenters. The summed E-state index contributed by atoms with van der Waals surface area (Å²) in [7, 11) is 3.17. The number of halogens is 1. The van der Waals surface area contributed by atoms with Crippen LogP contribution in [0.3, 0.4) is 0 Å². The number of benzene rings is 1. The highest BCUT2D eigenvalue weighted by Gasteiger charge is 2.12. The van der Waals surface area contributed by atoms with E-state index in [-0.39, 0.29) is 5.28 Å². The second kappa shape index (κ2) is 8.36. The van der Waals surface area contributed by atoms with E-state index in [0.29, 0.717) is 29.4 Å². The minimum atomic E-state index is 0.169. The van der Waals surface area contributed by atoms with E-state index >= 15 is 0 Å². The molecule has 0 saturated heterocycles. The molecule has 0 amide bonds. The lowest BCUT2D eigenvalue weighted by molar-refractivity contribution is 0.356. The summed E-state index contributed by atoms with van der Waals surface area (Å²) in [6, 6.07) is 3.61. The zero-order valence-corrected chi connectivity index (χ0v) is 14.6. The summed E-state index contributed by atoms with van der Waals surface area (Å²) in [5.74, 6) is 1.85. The average Bonchev–Trinajstić information content (AvgIpc) is 2.59. The third-order valence-corrected chi connectivity index (χ3v) is 3.64. The van der Waals surface area contributed by atoms with Crippen molar-refractivity contribution in [1.29, 1.82) is 0 Å². The van der Waals surface area contributed by atoms with E-state index in [0.717, 1.165) is 17.4 Å². The Morgan fingerprint density at radius 3 is 2.54 bits per heavy atom. The van der Waals surface area contributed by atoms with Gasteiger partial charge in [-0.3, -0.25) is 0 Å². The van der Waals surface area contributed by atoms with Gasteiger partial charge in [0, 0.05) is 18.0 Å². The summed E-state index contributed by atoms with van der Waals surface area (Å²) in [4.78, 5) is 8.53. The SMILES string of the molecule is C=C/C=C(\C=C)CCNc1nc(Cl)nc2cc(OC)c(OC)cc12. The van der Waals surface area contributed by atoms with E-state index in [1.165, 1.54) is 0 Å². The Bertz CT molecular complexity index is 787. The van der Waals surface area contributed by atoms with Crippen LogP contribution in [0.15, 0.2) is 49.1 Å². The molecule has 0 bridgehead atoms. The highest BCUT2D eigenvalue weighted by atomic mass is 35.5. The van der Waals surface area contributed by atoms with Gasteiger partial charge in [0.1, 0.15) is 5.82 Å². The Morgan fingerprint density at radius 1 is 1.21 bits per heavy atom. The van der Waals surface area contributed by atoms with Gasteiger partial charge in [0.25, 0.3) is 0 Å². The van der Waals surface area contributed by atoms with Crippen LogP contribution in [0.4, 0.5) is 5.82 Å². The number of hydrogen-bond acceptors (Lipinski definition) is 5. The van der Waals surface area contributed by atoms with E-state index in [9.17, 15) is 0 Å². The lowest BCUT2D eigenvalue weighted by atomic mass is 10.1. The quantitative estimate of drug-likeness (QED) is 0.567. The van der Waals surface area contributed by atoms with E-state index in [2.05, 4.69) is 28.4 Å². The molecule has 1 aromatic heterocycles. The van der Waals surface area contributed by atoms with Crippen LogP contribution in [0.5, 0.6) is 11.5 Å². The lowest BCUT2D eigenvalue weighted by Crippen LogP contribution is -2.06. The van der Waals surface area contributed by atoms with Crippen molar-refractivity contribution < 1.29 is 9.47 Å². The lowest BCUT2D eigenvalue weighted by Gasteiger charge is -2.12. The Kier molecular flexibility index (Phi) is 6.21. The molecule has 1 N–H and O–H groups in total. The fourth-order valence-electron chi connectivity index (χ4n) is 2.29. The topological polar surface area (TPSA) is 56.3 Å². The van der Waals surface area contributed by atoms with E-state index in [4.69, 9.17) is 21.1 Å². The minimum absolute atomic E-state index is 0.169. The van der Waals surface area contributed by atoms with Crippen LogP contribution in [0.2, 0.25) is 5.28 Å². The molecular weight excluding hydrogens is 326 g/mol. The van der Waals surface area contributed by atoms with Crippen molar-refractivity contribution in [3.8, 4) is 11.5 Å². The fraction of sp³-hybridized carbons (Fsp3) is 0.222. The number of anilines is 1. The minimum Gasteiger partial charge on any atom is -0.493 e. The molecule has 0 unspecified atom stereocenters. The zero-order valence-electron chi connectivity index (χ0n) is 13.8. The van der Waals surface area contributed by atoms with Crippen LogP contribution in [0, 0.1) is 0 Å². The summed E-state index contributed by atoms with van der Waals surface area (Å²) in [5.41, 5.74) is 1.77. The molecular formula is C18H20ClN3O2. The molecule has 0 radical (unpaired) electrons. The number of allylic oxidation sites excluding steroid dienone is 3. The normalized spacial score (nSPS) is 11.2. The highest BCUT2D eigenvalue weighted by molar-refractivity contribution is 6.28. The van der Waals surface area contributed by atoms with Gasteiger partial charge in [-0.15, -0.1) is 0 Å². The molecule has 0 saturated carbocycles. The summed E-state index contributed by atoms with van der Waals surface area (Å²) < 4.78 is 10.6. The van der Waals surface area contributed by atoms with Gasteiger partial charge in [0.15, 0.2) is 11.5 Å². The van der Waals surface area contributed by atoms with Crippen molar-refractivity contribution in [3.63, 3.8) is 0 Å². The van der Waals surface area contributed by atoms with Gasteiger partial charge < -0.3 is 14.8 Å². The number of nitrogens with one attached hydrogen (secondary N) is 1. The predicted octanol–water partition coefficient (Wildman–Crippen LogP) is 4.40. The zero-order chi connectivity index (χ0) is 17.5. The monoisotopic (exact) mass is 345 g/mol. The van der Waals surface area contributed by atoms with Crippen molar-refractivity contribution in [1.82, 2.24) is 9.97 Å². The molecule has 2 aromatic rings. The molecule has 0 aliphatic rings. The first-order valence-corrected chi connectivity index (χ1v) is 7.78. The van der Waals surface area contributed by atoms with Gasteiger partial charge in [0.05, 0.1) is 19.7 Å². The van der Waals surface area contributed by atoms with Crippen molar-refractivity contribution in [2.45, 2.75) is 6.42 Å². The number of fused-ring (bicyclic) bond motifs is 1. The molecule has 0 aliphatic heterocycles. The average molecular weight is 346 g/mol. The molecule has 2 rings (SSSR count). The van der Waals surface area contributed by atoms with Crippen molar-refractivity contribution in [2.24, 2.45) is 0 Å². The van der Waals surface area contributed by atoms with Crippen LogP contribution < -0.4 is 14.8 Å². The summed E-state index contributed by atoms with van der Waals surface area (Å²) in [6.45, 7) is 8.15. The van der Waals surface area contributed by atoms with Gasteiger partial charge in [-0.05, 0) is 29.7 Å². The van der Waals surface area contributed by atoms with Gasteiger partial charge in [0.2, 0.25) is 5.28 Å². The molecule has 1 aromatic carbocycles. The van der Waals surface area contributed by atoms with Gasteiger partial charge in [-0.2, -0.15) is 0 Å². The molecule has 5 nitrogen and oxygen atoms in total. The van der Waals surface area contributed by atoms with Crippen molar-refractivity contribution >= 4 is 28.3 Å². The molecule has 6 heteroatoms. The molecule has 24 heavy (non-hydrogen) atoms. The second-order valence-electron chi connectivity index (χ2n) is 4.92. The third-order valence-electron chi connectivity index (χ3n) is 3.47.